The fraction of sp³-hybridized carbons (Fsp3) is 0.909. The Morgan fingerprint density at radius 2 is 2.17 bits per heavy atom. The Labute approximate surface area is 74.7 Å². The van der Waals surface area contributed by atoms with E-state index < -0.39 is 0 Å². The van der Waals surface area contributed by atoms with Gasteiger partial charge in [0.05, 0.1) is 0 Å². The molecule has 4 saturated carbocycles. The minimum absolute atomic E-state index is 0.226. The first-order valence-corrected chi connectivity index (χ1v) is 5.20. The van der Waals surface area contributed by atoms with E-state index in [1.54, 1.807) is 5.92 Å². The summed E-state index contributed by atoms with van der Waals surface area (Å²) in [5.41, 5.74) is 7.21. The molecule has 2 N–H and O–H groups in total. The summed E-state index contributed by atoms with van der Waals surface area (Å²) >= 11 is 0. The number of rotatable bonds is 0. The first kappa shape index (κ1) is 7.37. The van der Waals surface area contributed by atoms with E-state index in [0.717, 1.165) is 5.92 Å². The topological polar surface area (TPSA) is 26.0 Å². The van der Waals surface area contributed by atoms with Crippen molar-refractivity contribution < 1.29 is 0 Å². The zero-order chi connectivity index (χ0) is 8.40. The molecule has 0 aliphatic heterocycles. The van der Waals surface area contributed by atoms with Crippen molar-refractivity contribution in [2.45, 2.75) is 51.0 Å². The minimum atomic E-state index is 0.226. The molecule has 3 unspecified atom stereocenters. The second-order valence-electron chi connectivity index (χ2n) is 5.93. The lowest BCUT2D eigenvalue weighted by Gasteiger charge is -2.59. The monoisotopic (exact) mass is 164 g/mol. The molecule has 67 valence electrons. The van der Waals surface area contributed by atoms with Crippen LogP contribution in [0.5, 0.6) is 0 Å². The van der Waals surface area contributed by atoms with Gasteiger partial charge in [-0.15, -0.1) is 0 Å². The molecule has 0 heterocycles. The summed E-state index contributed by atoms with van der Waals surface area (Å²) in [7, 11) is 0. The van der Waals surface area contributed by atoms with Gasteiger partial charge in [-0.25, -0.2) is 0 Å². The summed E-state index contributed by atoms with van der Waals surface area (Å²) in [4.78, 5) is 0. The Kier molecular flexibility index (Phi) is 1.16. The van der Waals surface area contributed by atoms with Gasteiger partial charge in [-0.3, -0.25) is 0 Å². The van der Waals surface area contributed by atoms with E-state index in [1.165, 1.54) is 38.5 Å². The molecule has 4 fully saturated rings. The molecule has 3 atom stereocenters. The van der Waals surface area contributed by atoms with Crippen LogP contribution < -0.4 is 5.73 Å². The van der Waals surface area contributed by atoms with Gasteiger partial charge in [0.15, 0.2) is 0 Å². The van der Waals surface area contributed by atoms with E-state index in [-0.39, 0.29) is 5.54 Å². The van der Waals surface area contributed by atoms with Crippen LogP contribution in [0.15, 0.2) is 0 Å². The van der Waals surface area contributed by atoms with E-state index in [4.69, 9.17) is 5.73 Å². The van der Waals surface area contributed by atoms with Crippen molar-refractivity contribution in [3.05, 3.63) is 5.92 Å². The van der Waals surface area contributed by atoms with Gasteiger partial charge in [-0.2, -0.15) is 0 Å². The molecule has 4 bridgehead atoms. The predicted molar refractivity (Wildman–Crippen MR) is 49.5 cm³/mol. The predicted octanol–water partition coefficient (Wildman–Crippen LogP) is 2.26. The standard InChI is InChI=1S/C11H18N/c1-10-3-8-2-9(4-10)6-11(12,5-8)7-10/h8H,2-7,12H2,1H3. The van der Waals surface area contributed by atoms with Crippen molar-refractivity contribution in [3.8, 4) is 0 Å². The molecule has 1 heteroatoms. The molecule has 4 aliphatic carbocycles. The van der Waals surface area contributed by atoms with Gasteiger partial charge in [0.2, 0.25) is 0 Å². The van der Waals surface area contributed by atoms with Crippen molar-refractivity contribution >= 4 is 0 Å². The molecule has 0 aromatic rings. The number of nitrogens with two attached hydrogens (primary N) is 1. The summed E-state index contributed by atoms with van der Waals surface area (Å²) in [5.74, 6) is 2.74. The highest BCUT2D eigenvalue weighted by molar-refractivity contribution is 5.19. The summed E-state index contributed by atoms with van der Waals surface area (Å²) < 4.78 is 0. The van der Waals surface area contributed by atoms with E-state index in [9.17, 15) is 0 Å². The van der Waals surface area contributed by atoms with Crippen LogP contribution >= 0.6 is 0 Å². The largest absolute Gasteiger partial charge is 0.325 e. The van der Waals surface area contributed by atoms with Gasteiger partial charge in [0.25, 0.3) is 0 Å². The van der Waals surface area contributed by atoms with Crippen molar-refractivity contribution in [1.82, 2.24) is 0 Å². The second kappa shape index (κ2) is 1.89. The van der Waals surface area contributed by atoms with Gasteiger partial charge < -0.3 is 5.73 Å². The molecular weight excluding hydrogens is 146 g/mol. The summed E-state index contributed by atoms with van der Waals surface area (Å²) in [5, 5.41) is 0. The van der Waals surface area contributed by atoms with E-state index in [0.29, 0.717) is 5.41 Å². The lowest BCUT2D eigenvalue weighted by atomic mass is 9.48. The van der Waals surface area contributed by atoms with Crippen molar-refractivity contribution in [2.75, 3.05) is 0 Å². The van der Waals surface area contributed by atoms with Gasteiger partial charge in [-0.05, 0) is 55.8 Å². The van der Waals surface area contributed by atoms with Crippen molar-refractivity contribution in [3.63, 3.8) is 0 Å². The van der Waals surface area contributed by atoms with Crippen LogP contribution in [0.2, 0.25) is 0 Å². The average Bonchev–Trinajstić information content (AvgIpc) is 1.75. The maximum Gasteiger partial charge on any atom is 0.0167 e. The van der Waals surface area contributed by atoms with Crippen LogP contribution in [0.4, 0.5) is 0 Å². The highest BCUT2D eigenvalue weighted by atomic mass is 14.8. The third-order valence-corrected chi connectivity index (χ3v) is 4.11. The fourth-order valence-electron chi connectivity index (χ4n) is 4.47. The highest BCUT2D eigenvalue weighted by Crippen LogP contribution is 2.61. The average molecular weight is 164 g/mol. The summed E-state index contributed by atoms with van der Waals surface area (Å²) in [6, 6.07) is 0. The van der Waals surface area contributed by atoms with Gasteiger partial charge >= 0.3 is 0 Å². The van der Waals surface area contributed by atoms with Gasteiger partial charge in [-0.1, -0.05) is 6.92 Å². The molecule has 4 rings (SSSR count). The Morgan fingerprint density at radius 3 is 2.75 bits per heavy atom. The zero-order valence-electron chi connectivity index (χ0n) is 7.90. The first-order chi connectivity index (χ1) is 5.57. The zero-order valence-corrected chi connectivity index (χ0v) is 7.90. The Bertz CT molecular complexity index is 187. The Balaban J connectivity index is 1.98. The second-order valence-corrected chi connectivity index (χ2v) is 5.93. The third kappa shape index (κ3) is 0.891. The molecule has 0 amide bonds. The molecule has 4 aliphatic rings. The van der Waals surface area contributed by atoms with Crippen LogP contribution in [0, 0.1) is 17.3 Å². The lowest BCUT2D eigenvalue weighted by Crippen LogP contribution is -2.58. The Hall–Kier alpha value is -0.0400. The third-order valence-electron chi connectivity index (χ3n) is 4.11. The van der Waals surface area contributed by atoms with E-state index in [2.05, 4.69) is 6.92 Å². The maximum atomic E-state index is 6.39. The molecule has 0 aromatic heterocycles. The van der Waals surface area contributed by atoms with Crippen LogP contribution in [-0.4, -0.2) is 5.54 Å². The van der Waals surface area contributed by atoms with E-state index in [1.807, 2.05) is 0 Å². The molecule has 0 saturated heterocycles. The quantitative estimate of drug-likeness (QED) is 0.584. The van der Waals surface area contributed by atoms with Crippen molar-refractivity contribution in [2.24, 2.45) is 17.1 Å². The van der Waals surface area contributed by atoms with Gasteiger partial charge in [0, 0.05) is 5.54 Å². The molecule has 1 radical (unpaired) electrons. The highest BCUT2D eigenvalue weighted by Gasteiger charge is 2.54. The molecule has 0 spiro atoms. The molecule has 1 nitrogen and oxygen atoms in total. The number of hydrogen-bond acceptors (Lipinski definition) is 1. The van der Waals surface area contributed by atoms with Crippen molar-refractivity contribution in [1.29, 1.82) is 0 Å². The summed E-state index contributed by atoms with van der Waals surface area (Å²) in [6.45, 7) is 2.44. The SMILES string of the molecule is CC12C[C]3CC(C1)CC(N)(C3)C2. The molecule has 12 heavy (non-hydrogen) atoms. The first-order valence-electron chi connectivity index (χ1n) is 5.20. The van der Waals surface area contributed by atoms with Crippen LogP contribution in [0.1, 0.15) is 45.4 Å². The molecule has 0 aromatic carbocycles. The number of hydrogen-bond donors (Lipinski definition) is 1. The fourth-order valence-corrected chi connectivity index (χ4v) is 4.47. The maximum absolute atomic E-state index is 6.39. The van der Waals surface area contributed by atoms with Crippen LogP contribution in [0.3, 0.4) is 0 Å². The Morgan fingerprint density at radius 1 is 1.33 bits per heavy atom. The smallest absolute Gasteiger partial charge is 0.0167 e. The lowest BCUT2D eigenvalue weighted by molar-refractivity contribution is 0.00207. The van der Waals surface area contributed by atoms with Gasteiger partial charge in [0.1, 0.15) is 0 Å². The van der Waals surface area contributed by atoms with Crippen LogP contribution in [-0.2, 0) is 0 Å². The normalized spacial score (nSPS) is 58.0. The van der Waals surface area contributed by atoms with Crippen LogP contribution in [0.25, 0.3) is 0 Å². The minimum Gasteiger partial charge on any atom is -0.325 e. The molecular formula is C11H18N. The summed E-state index contributed by atoms with van der Waals surface area (Å²) in [6.07, 6.45) is 8.11. The van der Waals surface area contributed by atoms with E-state index >= 15 is 0 Å².